The second-order valence-corrected chi connectivity index (χ2v) is 3.38. The number of nitrogens with two attached hydrogens (primary N) is 1. The van der Waals surface area contributed by atoms with Gasteiger partial charge in [-0.3, -0.25) is 0 Å². The van der Waals surface area contributed by atoms with E-state index in [0.29, 0.717) is 0 Å². The summed E-state index contributed by atoms with van der Waals surface area (Å²) in [5.74, 6) is 0. The quantitative estimate of drug-likeness (QED) is 0.810. The van der Waals surface area contributed by atoms with Crippen LogP contribution >= 0.6 is 12.4 Å². The van der Waals surface area contributed by atoms with Crippen molar-refractivity contribution in [3.63, 3.8) is 0 Å². The van der Waals surface area contributed by atoms with Crippen molar-refractivity contribution in [1.82, 2.24) is 0 Å². The van der Waals surface area contributed by atoms with E-state index in [-0.39, 0.29) is 18.0 Å². The van der Waals surface area contributed by atoms with Gasteiger partial charge in [0.05, 0.1) is 0 Å². The number of fused-ring (bicyclic) bond motifs is 1. The molecule has 1 atom stereocenters. The van der Waals surface area contributed by atoms with Crippen LogP contribution in [0.3, 0.4) is 0 Å². The van der Waals surface area contributed by atoms with Crippen LogP contribution in [0.4, 0.5) is 0 Å². The summed E-state index contributed by atoms with van der Waals surface area (Å²) < 4.78 is 45.5. The Morgan fingerprint density at radius 1 is 1.57 bits per heavy atom. The maximum Gasteiger partial charge on any atom is 0.0463 e. The molecule has 0 heterocycles. The van der Waals surface area contributed by atoms with Crippen LogP contribution in [0.5, 0.6) is 0 Å². The smallest absolute Gasteiger partial charge is 0.0463 e. The number of halogens is 1. The van der Waals surface area contributed by atoms with Gasteiger partial charge in [0.2, 0.25) is 0 Å². The van der Waals surface area contributed by atoms with Crippen LogP contribution in [0, 0.1) is 0 Å². The van der Waals surface area contributed by atoms with Crippen LogP contribution < -0.4 is 5.73 Å². The second-order valence-electron chi connectivity index (χ2n) is 3.38. The molecular formula is C12H18ClN. The van der Waals surface area contributed by atoms with Crippen molar-refractivity contribution in [2.75, 3.05) is 0 Å². The zero-order chi connectivity index (χ0) is 14.5. The minimum Gasteiger partial charge on any atom is -0.328 e. The SMILES string of the molecule is Cl.[2H]C([2H])([2H])C([2H])(N)C([2H])([2H])c1ccc2c(c1)CCC2. The lowest BCUT2D eigenvalue weighted by Gasteiger charge is -2.07. The Labute approximate surface area is 101 Å². The lowest BCUT2D eigenvalue weighted by molar-refractivity contribution is 0.737. The predicted octanol–water partition coefficient (Wildman–Crippen LogP) is 2.49. The molecule has 1 nitrogen and oxygen atoms in total. The molecule has 0 amide bonds. The standard InChI is InChI=1S/C12H17N.ClH/c1-9(13)7-10-5-6-11-3-2-4-12(11)8-10;/h5-6,8-9H,2-4,7,13H2,1H3;1H/i1D3,7D2,9D;. The molecule has 1 aromatic rings. The van der Waals surface area contributed by atoms with Gasteiger partial charge in [-0.15, -0.1) is 12.4 Å². The summed E-state index contributed by atoms with van der Waals surface area (Å²) in [6.45, 7) is -2.89. The molecule has 0 fully saturated rings. The maximum atomic E-state index is 7.98. The Morgan fingerprint density at radius 3 is 3.14 bits per heavy atom. The topological polar surface area (TPSA) is 26.0 Å². The largest absolute Gasteiger partial charge is 0.328 e. The van der Waals surface area contributed by atoms with Crippen LogP contribution in [0.15, 0.2) is 18.2 Å². The fourth-order valence-corrected chi connectivity index (χ4v) is 1.81. The Morgan fingerprint density at radius 2 is 2.36 bits per heavy atom. The van der Waals surface area contributed by atoms with Crippen molar-refractivity contribution < 1.29 is 8.22 Å². The normalized spacial score (nSPS) is 26.4. The van der Waals surface area contributed by atoms with Gasteiger partial charge in [-0.25, -0.2) is 0 Å². The van der Waals surface area contributed by atoms with Crippen LogP contribution in [0.2, 0.25) is 0 Å². The highest BCUT2D eigenvalue weighted by Crippen LogP contribution is 2.23. The van der Waals surface area contributed by atoms with E-state index in [1.54, 1.807) is 12.1 Å². The minimum absolute atomic E-state index is 0. The van der Waals surface area contributed by atoms with Crippen molar-refractivity contribution in [1.29, 1.82) is 0 Å². The molecule has 2 rings (SSSR count). The van der Waals surface area contributed by atoms with E-state index in [1.807, 2.05) is 6.07 Å². The van der Waals surface area contributed by atoms with Crippen molar-refractivity contribution in [2.24, 2.45) is 5.73 Å². The third kappa shape index (κ3) is 2.49. The molecule has 0 radical (unpaired) electrons. The first kappa shape index (κ1) is 5.53. The summed E-state index contributed by atoms with van der Waals surface area (Å²) in [5.41, 5.74) is 7.84. The zero-order valence-corrected chi connectivity index (χ0v) is 8.66. The van der Waals surface area contributed by atoms with Crippen LogP contribution in [0.25, 0.3) is 0 Å². The fourth-order valence-electron chi connectivity index (χ4n) is 1.81. The monoisotopic (exact) mass is 217 g/mol. The molecule has 1 aromatic carbocycles. The molecule has 0 aliphatic heterocycles. The first-order valence-electron chi connectivity index (χ1n) is 7.48. The molecule has 0 spiro atoms. The molecule has 1 unspecified atom stereocenters. The summed E-state index contributed by atoms with van der Waals surface area (Å²) in [6, 6.07) is 2.34. The molecule has 2 N–H and O–H groups in total. The van der Waals surface area contributed by atoms with Gasteiger partial charge in [0, 0.05) is 14.2 Å². The Balaban J connectivity index is 0.00000200. The van der Waals surface area contributed by atoms with Gasteiger partial charge in [0.15, 0.2) is 0 Å². The van der Waals surface area contributed by atoms with Crippen LogP contribution in [-0.4, -0.2) is 6.02 Å². The average molecular weight is 218 g/mol. The molecule has 0 saturated heterocycles. The molecule has 78 valence electrons. The van der Waals surface area contributed by atoms with Crippen molar-refractivity contribution in [2.45, 2.75) is 38.5 Å². The summed E-state index contributed by atoms with van der Waals surface area (Å²) >= 11 is 0. The summed E-state index contributed by atoms with van der Waals surface area (Å²) in [4.78, 5) is 0. The van der Waals surface area contributed by atoms with Crippen LogP contribution in [0.1, 0.15) is 38.2 Å². The molecule has 0 saturated carbocycles. The number of hydrogen-bond acceptors (Lipinski definition) is 1. The number of aryl methyl sites for hydroxylation is 2. The van der Waals surface area contributed by atoms with E-state index in [0.717, 1.165) is 24.8 Å². The highest BCUT2D eigenvalue weighted by molar-refractivity contribution is 5.85. The van der Waals surface area contributed by atoms with Crippen molar-refractivity contribution in [3.8, 4) is 0 Å². The van der Waals surface area contributed by atoms with Gasteiger partial charge in [-0.1, -0.05) is 18.2 Å². The Kier molecular flexibility index (Phi) is 1.90. The third-order valence-electron chi connectivity index (χ3n) is 2.38. The lowest BCUT2D eigenvalue weighted by atomic mass is 10.0. The average Bonchev–Trinajstić information content (AvgIpc) is 2.73. The van der Waals surface area contributed by atoms with Crippen molar-refractivity contribution in [3.05, 3.63) is 34.9 Å². The van der Waals surface area contributed by atoms with E-state index in [9.17, 15) is 0 Å². The molecule has 1 aliphatic rings. The maximum absolute atomic E-state index is 7.98. The van der Waals surface area contributed by atoms with Gasteiger partial charge in [-0.2, -0.15) is 0 Å². The van der Waals surface area contributed by atoms with Gasteiger partial charge in [0.25, 0.3) is 0 Å². The number of rotatable bonds is 2. The predicted molar refractivity (Wildman–Crippen MR) is 63.1 cm³/mol. The molecule has 1 aliphatic carbocycles. The first-order chi connectivity index (χ1) is 8.57. The lowest BCUT2D eigenvalue weighted by Crippen LogP contribution is -2.17. The molecule has 2 heteroatoms. The first-order valence-corrected chi connectivity index (χ1v) is 4.48. The molecule has 14 heavy (non-hydrogen) atoms. The summed E-state index contributed by atoms with van der Waals surface area (Å²) in [6.07, 6.45) is 0.417. The summed E-state index contributed by atoms with van der Waals surface area (Å²) in [5, 5.41) is 0. The van der Waals surface area contributed by atoms with Gasteiger partial charge >= 0.3 is 0 Å². The number of hydrogen-bond donors (Lipinski definition) is 1. The van der Waals surface area contributed by atoms with E-state index < -0.39 is 19.2 Å². The zero-order valence-electron chi connectivity index (χ0n) is 13.8. The second kappa shape index (κ2) is 4.81. The molecule has 0 aromatic heterocycles. The molecule has 0 bridgehead atoms. The van der Waals surface area contributed by atoms with Crippen LogP contribution in [-0.2, 0) is 19.2 Å². The van der Waals surface area contributed by atoms with Crippen molar-refractivity contribution >= 4 is 12.4 Å². The van der Waals surface area contributed by atoms with E-state index in [1.165, 1.54) is 5.56 Å². The number of benzene rings is 1. The van der Waals surface area contributed by atoms with E-state index >= 15 is 0 Å². The fraction of sp³-hybridized carbons (Fsp3) is 0.500. The highest BCUT2D eigenvalue weighted by atomic mass is 35.5. The minimum atomic E-state index is -2.89. The van der Waals surface area contributed by atoms with E-state index in [4.69, 9.17) is 14.0 Å². The van der Waals surface area contributed by atoms with Gasteiger partial charge < -0.3 is 5.73 Å². The third-order valence-corrected chi connectivity index (χ3v) is 2.38. The Bertz CT molecular complexity index is 497. The van der Waals surface area contributed by atoms with E-state index in [2.05, 4.69) is 0 Å². The summed E-state index contributed by atoms with van der Waals surface area (Å²) in [7, 11) is 0. The highest BCUT2D eigenvalue weighted by Gasteiger charge is 2.10. The Hall–Kier alpha value is -0.530. The molecular weight excluding hydrogens is 194 g/mol. The van der Waals surface area contributed by atoms with Gasteiger partial charge in [0.1, 0.15) is 0 Å². The van der Waals surface area contributed by atoms with Gasteiger partial charge in [-0.05, 0) is 49.2 Å².